The highest BCUT2D eigenvalue weighted by molar-refractivity contribution is 5.93. The molecule has 1 atom stereocenters. The number of primary amides is 1. The van der Waals surface area contributed by atoms with Gasteiger partial charge in [-0.25, -0.2) is 14.2 Å². The lowest BCUT2D eigenvalue weighted by molar-refractivity contribution is -0.142. The molecule has 8 heteroatoms. The van der Waals surface area contributed by atoms with E-state index in [0.717, 1.165) is 0 Å². The predicted molar refractivity (Wildman–Crippen MR) is 124 cm³/mol. The van der Waals surface area contributed by atoms with Crippen LogP contribution in [0, 0.1) is 5.82 Å². The number of nitrogens with two attached hydrogens (primary N) is 2. The summed E-state index contributed by atoms with van der Waals surface area (Å²) < 4.78 is 18.8. The van der Waals surface area contributed by atoms with Crippen molar-refractivity contribution < 1.29 is 23.8 Å². The highest BCUT2D eigenvalue weighted by Crippen LogP contribution is 2.31. The number of hydrogen-bond acceptors (Lipinski definition) is 5. The average molecular weight is 457 g/mol. The van der Waals surface area contributed by atoms with Crippen molar-refractivity contribution in [1.82, 2.24) is 4.98 Å². The Morgan fingerprint density at radius 1 is 0.853 bits per heavy atom. The number of amides is 1. The molecule has 0 bridgehead atoms. The summed E-state index contributed by atoms with van der Waals surface area (Å²) in [7, 11) is 0. The van der Waals surface area contributed by atoms with Gasteiger partial charge < -0.3 is 21.3 Å². The Morgan fingerprint density at radius 3 is 2.00 bits per heavy atom. The monoisotopic (exact) mass is 457 g/mol. The first-order chi connectivity index (χ1) is 16.3. The molecular weight excluding hydrogens is 437 g/mol. The van der Waals surface area contributed by atoms with E-state index in [0.29, 0.717) is 28.2 Å². The number of rotatable bonds is 7. The Morgan fingerprint density at radius 2 is 1.44 bits per heavy atom. The fourth-order valence-corrected chi connectivity index (χ4v) is 3.46. The van der Waals surface area contributed by atoms with Crippen molar-refractivity contribution in [3.8, 4) is 22.6 Å². The second kappa shape index (κ2) is 9.13. The fourth-order valence-electron chi connectivity index (χ4n) is 3.46. The van der Waals surface area contributed by atoms with Crippen LogP contribution in [0.1, 0.15) is 21.7 Å². The van der Waals surface area contributed by atoms with Gasteiger partial charge in [-0.05, 0) is 65.2 Å². The van der Waals surface area contributed by atoms with Gasteiger partial charge in [0.2, 0.25) is 0 Å². The molecule has 1 heterocycles. The van der Waals surface area contributed by atoms with Crippen LogP contribution >= 0.6 is 0 Å². The summed E-state index contributed by atoms with van der Waals surface area (Å²) in [6.45, 7) is 0. The molecule has 0 radical (unpaired) electrons. The van der Waals surface area contributed by atoms with Crippen LogP contribution in [0.4, 0.5) is 4.39 Å². The quantitative estimate of drug-likeness (QED) is 0.384. The Labute approximate surface area is 194 Å². The number of nitrogens with zero attached hydrogens (tertiary/aromatic N) is 1. The van der Waals surface area contributed by atoms with Crippen LogP contribution in [0.15, 0.2) is 91.0 Å². The molecular formula is C26H20FN3O4. The van der Waals surface area contributed by atoms with Gasteiger partial charge in [0, 0.05) is 0 Å². The maximum atomic E-state index is 13.1. The maximum absolute atomic E-state index is 13.1. The average Bonchev–Trinajstić information content (AvgIpc) is 2.85. The molecule has 0 fully saturated rings. The molecule has 0 aliphatic rings. The molecule has 4 rings (SSSR count). The van der Waals surface area contributed by atoms with Gasteiger partial charge in [-0.2, -0.15) is 0 Å². The Hall–Kier alpha value is -4.56. The summed E-state index contributed by atoms with van der Waals surface area (Å²) in [6, 6.07) is 23.6. The van der Waals surface area contributed by atoms with Gasteiger partial charge in [0.05, 0.1) is 5.69 Å². The van der Waals surface area contributed by atoms with E-state index in [2.05, 4.69) is 4.98 Å². The molecule has 7 nitrogen and oxygen atoms in total. The molecule has 1 amide bonds. The highest BCUT2D eigenvalue weighted by atomic mass is 19.1. The van der Waals surface area contributed by atoms with Gasteiger partial charge in [0.15, 0.2) is 5.54 Å². The SMILES string of the molecule is NC(=O)c1cc(-c2ccc(Oc3ccc(F)cc3)cc2)cc(C(N)(C(=O)O)c2ccccc2)n1. The minimum Gasteiger partial charge on any atom is -0.479 e. The third-order valence-corrected chi connectivity index (χ3v) is 5.29. The zero-order valence-electron chi connectivity index (χ0n) is 17.8. The molecule has 0 saturated carbocycles. The normalized spacial score (nSPS) is 12.5. The van der Waals surface area contributed by atoms with Gasteiger partial charge in [-0.15, -0.1) is 0 Å². The highest BCUT2D eigenvalue weighted by Gasteiger charge is 2.40. The molecule has 4 aromatic rings. The van der Waals surface area contributed by atoms with E-state index in [9.17, 15) is 19.1 Å². The summed E-state index contributed by atoms with van der Waals surface area (Å²) in [5.41, 5.74) is 11.1. The Balaban J connectivity index is 1.75. The van der Waals surface area contributed by atoms with Crippen molar-refractivity contribution in [3.63, 3.8) is 0 Å². The number of halogens is 1. The standard InChI is InChI=1S/C26H20FN3O4/c27-19-8-12-21(13-9-19)34-20-10-6-16(7-11-20)17-14-22(24(28)31)30-23(15-17)26(29,25(32)33)18-4-2-1-3-5-18/h1-15H,29H2,(H2,28,31)(H,32,33). The van der Waals surface area contributed by atoms with Crippen LogP contribution < -0.4 is 16.2 Å². The van der Waals surface area contributed by atoms with Crippen molar-refractivity contribution >= 4 is 11.9 Å². The van der Waals surface area contributed by atoms with E-state index in [1.54, 1.807) is 54.6 Å². The molecule has 5 N–H and O–H groups in total. The zero-order valence-corrected chi connectivity index (χ0v) is 17.8. The zero-order chi connectivity index (χ0) is 24.3. The van der Waals surface area contributed by atoms with Crippen molar-refractivity contribution in [2.75, 3.05) is 0 Å². The minimum absolute atomic E-state index is 0.0378. The van der Waals surface area contributed by atoms with Crippen LogP contribution in [0.25, 0.3) is 11.1 Å². The molecule has 0 spiro atoms. The lowest BCUT2D eigenvalue weighted by Crippen LogP contribution is -2.47. The second-order valence-corrected chi connectivity index (χ2v) is 7.55. The third kappa shape index (κ3) is 4.48. The van der Waals surface area contributed by atoms with E-state index in [-0.39, 0.29) is 17.2 Å². The van der Waals surface area contributed by atoms with Crippen LogP contribution in [-0.4, -0.2) is 22.0 Å². The molecule has 170 valence electrons. The van der Waals surface area contributed by atoms with Crippen molar-refractivity contribution in [3.05, 3.63) is 114 Å². The molecule has 0 aliphatic carbocycles. The van der Waals surface area contributed by atoms with E-state index in [1.807, 2.05) is 0 Å². The predicted octanol–water partition coefficient (Wildman–Crippen LogP) is 4.07. The van der Waals surface area contributed by atoms with E-state index in [1.165, 1.54) is 36.4 Å². The number of carbonyl (C=O) groups is 2. The molecule has 3 aromatic carbocycles. The van der Waals surface area contributed by atoms with Crippen molar-refractivity contribution in [1.29, 1.82) is 0 Å². The van der Waals surface area contributed by atoms with Crippen molar-refractivity contribution in [2.45, 2.75) is 5.54 Å². The first kappa shape index (κ1) is 22.6. The number of hydrogen-bond donors (Lipinski definition) is 3. The van der Waals surface area contributed by atoms with Gasteiger partial charge in [-0.3, -0.25) is 4.79 Å². The Bertz CT molecular complexity index is 1340. The lowest BCUT2D eigenvalue weighted by atomic mass is 9.86. The molecule has 0 saturated heterocycles. The smallest absolute Gasteiger partial charge is 0.334 e. The number of carboxylic acid groups (broad SMARTS) is 1. The van der Waals surface area contributed by atoms with E-state index in [4.69, 9.17) is 16.2 Å². The van der Waals surface area contributed by atoms with Crippen LogP contribution in [0.2, 0.25) is 0 Å². The maximum Gasteiger partial charge on any atom is 0.334 e. The van der Waals surface area contributed by atoms with Crippen molar-refractivity contribution in [2.24, 2.45) is 11.5 Å². The fraction of sp³-hybridized carbons (Fsp3) is 0.0385. The number of carboxylic acids is 1. The largest absolute Gasteiger partial charge is 0.479 e. The molecule has 1 aromatic heterocycles. The number of carbonyl (C=O) groups excluding carboxylic acids is 1. The Kier molecular flexibility index (Phi) is 6.07. The minimum atomic E-state index is -2.01. The van der Waals surface area contributed by atoms with Gasteiger partial charge >= 0.3 is 5.97 Å². The summed E-state index contributed by atoms with van der Waals surface area (Å²) >= 11 is 0. The number of ether oxygens (including phenoxy) is 1. The van der Waals surface area contributed by atoms with Crippen LogP contribution in [-0.2, 0) is 10.3 Å². The number of aliphatic carboxylic acids is 1. The summed E-state index contributed by atoms with van der Waals surface area (Å²) in [6.07, 6.45) is 0. The summed E-state index contributed by atoms with van der Waals surface area (Å²) in [4.78, 5) is 28.4. The summed E-state index contributed by atoms with van der Waals surface area (Å²) in [5, 5.41) is 10.0. The number of pyridine rings is 1. The second-order valence-electron chi connectivity index (χ2n) is 7.55. The molecule has 34 heavy (non-hydrogen) atoms. The van der Waals surface area contributed by atoms with Gasteiger partial charge in [0.1, 0.15) is 23.0 Å². The molecule has 1 unspecified atom stereocenters. The van der Waals surface area contributed by atoms with Crippen LogP contribution in [0.3, 0.4) is 0 Å². The number of aromatic nitrogens is 1. The van der Waals surface area contributed by atoms with E-state index < -0.39 is 17.4 Å². The topological polar surface area (TPSA) is 129 Å². The van der Waals surface area contributed by atoms with Crippen LogP contribution in [0.5, 0.6) is 11.5 Å². The first-order valence-electron chi connectivity index (χ1n) is 10.2. The molecule has 0 aliphatic heterocycles. The van der Waals surface area contributed by atoms with Gasteiger partial charge in [0.25, 0.3) is 5.91 Å². The van der Waals surface area contributed by atoms with Gasteiger partial charge in [-0.1, -0.05) is 42.5 Å². The summed E-state index contributed by atoms with van der Waals surface area (Å²) in [5.74, 6) is -1.55. The third-order valence-electron chi connectivity index (χ3n) is 5.29. The van der Waals surface area contributed by atoms with E-state index >= 15 is 0 Å². The number of benzene rings is 3. The lowest BCUT2D eigenvalue weighted by Gasteiger charge is -2.25. The first-order valence-corrected chi connectivity index (χ1v) is 10.2.